The first-order valence-electron chi connectivity index (χ1n) is 48.5. The van der Waals surface area contributed by atoms with Gasteiger partial charge in [-0.1, -0.05) is 108 Å². The second-order valence-corrected chi connectivity index (χ2v) is 45.4. The molecule has 3 N–H and O–H groups in total. The third kappa shape index (κ3) is 22.5. The van der Waals surface area contributed by atoms with Gasteiger partial charge < -0.3 is 57.3 Å². The van der Waals surface area contributed by atoms with Crippen molar-refractivity contribution in [3.63, 3.8) is 0 Å². The Hall–Kier alpha value is -9.79. The van der Waals surface area contributed by atoms with Crippen LogP contribution in [0.1, 0.15) is 204 Å². The van der Waals surface area contributed by atoms with Crippen molar-refractivity contribution in [1.29, 1.82) is 0 Å². The quantitative estimate of drug-likeness (QED) is 0.101. The number of benzene rings is 6. The Bertz CT molecular complexity index is 5350. The van der Waals surface area contributed by atoms with Crippen molar-refractivity contribution in [2.45, 2.75) is 197 Å². The maximum atomic E-state index is 13.9. The number of carbonyl (C=O) groups is 6. The van der Waals surface area contributed by atoms with Crippen molar-refractivity contribution in [2.24, 2.45) is 48.6 Å². The van der Waals surface area contributed by atoms with Crippen LogP contribution in [0.25, 0.3) is 0 Å². The summed E-state index contributed by atoms with van der Waals surface area (Å²) in [5.74, 6) is 1.68. The summed E-state index contributed by atoms with van der Waals surface area (Å²) in [4.78, 5) is 85.2. The van der Waals surface area contributed by atoms with Gasteiger partial charge in [-0.25, -0.2) is 22.1 Å². The molecular formula is C105H135N9O18S3. The van der Waals surface area contributed by atoms with E-state index in [-0.39, 0.29) is 71.6 Å². The molecule has 3 saturated carbocycles. The van der Waals surface area contributed by atoms with Crippen molar-refractivity contribution in [3.05, 3.63) is 212 Å². The Kier molecular flexibility index (Phi) is 31.4. The molecule has 12 aliphatic rings. The van der Waals surface area contributed by atoms with E-state index in [1.54, 1.807) is 46.5 Å². The number of hydrogen-bond donors (Lipinski definition) is 3. The van der Waals surface area contributed by atoms with Gasteiger partial charge in [0, 0.05) is 108 Å². The molecular weight excluding hydrogens is 1770 g/mol. The van der Waals surface area contributed by atoms with Gasteiger partial charge >= 0.3 is 6.09 Å². The maximum Gasteiger partial charge on any atom is 0.419 e. The molecule has 6 aromatic rings. The number of anilines is 3. The van der Waals surface area contributed by atoms with E-state index in [0.29, 0.717) is 111 Å². The molecule has 15 atom stereocenters. The molecule has 135 heavy (non-hydrogen) atoms. The van der Waals surface area contributed by atoms with Crippen LogP contribution in [0.3, 0.4) is 0 Å². The van der Waals surface area contributed by atoms with E-state index in [9.17, 15) is 41.4 Å². The van der Waals surface area contributed by atoms with Crippen molar-refractivity contribution in [2.75, 3.05) is 146 Å². The standard InChI is InChI=1S/3C35H45N3O6S/c2*1-24-10-14-29-25(18-24)8-7-16-35(29)22-38-20-27-11-13-28(27)31(43-3)9-5-4-6-17-45(41,36-33(39)21-42-2)37-34(40)26-12-15-32(44-23-35)30(38)19-26;1-4-43-34(40)37-45(41)18-7-5-6-10-31(42-3)28-14-12-27(28)21-38-22-35(17-8-9-25-19-24(2)11-15-29(25)35)23-44-32-16-13-26(20-30(32)38)33(39)36-45/h2*5,9-10,12,14-15,18-19,27-28,31H,4,6-8,11,13,16-17,20-23H2,1-3H3,(H,36,37,39,40,41);6,10-11,13,15-16,19-20,27-28,31H,4-5,7-9,12,14,17-18,21-23H2,1-3H3,(H,36,37,39,40,41)/b2*9-5+;10-6+/t3*27-,28+,31-,35-,45?/m000/s1. The maximum absolute atomic E-state index is 13.9. The number of aryl methyl sites for hydroxylation is 6. The van der Waals surface area contributed by atoms with E-state index in [1.165, 1.54) is 64.3 Å². The summed E-state index contributed by atoms with van der Waals surface area (Å²) in [7, 11) is -2.11. The van der Waals surface area contributed by atoms with Gasteiger partial charge in [-0.05, 0) is 286 Å². The molecule has 6 aliphatic carbocycles. The molecule has 0 aromatic heterocycles. The lowest BCUT2D eigenvalue weighted by atomic mass is 9.68. The molecule has 6 aliphatic heterocycles. The summed E-state index contributed by atoms with van der Waals surface area (Å²) >= 11 is 0. The SMILES string of the molecule is CCOC(=O)NS1(=O)=NC(=O)c2ccc3c(c2)N(C[C@@H]2CC[C@H]2[C@@H](OC)/C=C/CCC1)C[C@@]1(CCCc2cc(C)ccc21)CO3.COCC(=O)NS1(=O)=NC(=O)c2ccc3c(c2)N(C[C@@H]2CC[C@H]2[C@@H](OC)/C=C/CCC1)C[C@@]1(CCCc2cc(C)ccc21)CO3.COCC(=O)NS1(=O)=NC(=O)c2ccc3c(c2)N(C[C@@H]2CC[C@H]2[C@@H](OC)/C=C/CCC1)C[C@@]1(CCCc2cc(C)ccc21)CO3. The fourth-order valence-electron chi connectivity index (χ4n) is 22.8. The number of fused-ring (bicyclic) bond motifs is 12. The van der Waals surface area contributed by atoms with Crippen molar-refractivity contribution < 1.29 is 84.0 Å². The summed E-state index contributed by atoms with van der Waals surface area (Å²) in [5, 5.41) is 0. The van der Waals surface area contributed by atoms with Gasteiger partial charge in [0.2, 0.25) is 0 Å². The van der Waals surface area contributed by atoms with Gasteiger partial charge in [-0.3, -0.25) is 33.4 Å². The van der Waals surface area contributed by atoms with E-state index in [1.807, 2.05) is 36.4 Å². The highest BCUT2D eigenvalue weighted by molar-refractivity contribution is 7.93. The van der Waals surface area contributed by atoms with E-state index in [2.05, 4.69) is 154 Å². The number of amides is 6. The molecule has 6 heterocycles. The number of carbonyl (C=O) groups excluding carboxylic acids is 6. The molecule has 6 aromatic carbocycles. The molecule has 0 saturated heterocycles. The average molecular weight is 1910 g/mol. The number of ether oxygens (including phenoxy) is 9. The van der Waals surface area contributed by atoms with Gasteiger partial charge in [0.25, 0.3) is 29.5 Å². The molecule has 30 heteroatoms. The first-order valence-corrected chi connectivity index (χ1v) is 53.6. The number of allylic oxidation sites excluding steroid dienone is 3. The monoisotopic (exact) mass is 1910 g/mol. The number of nitrogens with zero attached hydrogens (tertiary/aromatic N) is 6. The lowest BCUT2D eigenvalue weighted by Crippen LogP contribution is -2.49. The van der Waals surface area contributed by atoms with Crippen LogP contribution in [0.2, 0.25) is 0 Å². The molecule has 726 valence electrons. The fourth-order valence-corrected chi connectivity index (χ4v) is 27.4. The topological polar surface area (TPSA) is 320 Å². The predicted octanol–water partition coefficient (Wildman–Crippen LogP) is 16.4. The second-order valence-electron chi connectivity index (χ2n) is 39.2. The minimum absolute atomic E-state index is 0.0185. The van der Waals surface area contributed by atoms with Crippen LogP contribution in [0.15, 0.2) is 159 Å². The average Bonchev–Trinajstić information content (AvgIpc) is 1.64. The van der Waals surface area contributed by atoms with Crippen LogP contribution >= 0.6 is 0 Å². The number of rotatable bonds is 11. The first kappa shape index (κ1) is 98.3. The number of nitrogens with one attached hydrogen (secondary N) is 3. The van der Waals surface area contributed by atoms with Crippen LogP contribution < -0.4 is 43.1 Å². The Labute approximate surface area is 797 Å². The van der Waals surface area contributed by atoms with Crippen molar-refractivity contribution in [3.8, 4) is 17.2 Å². The van der Waals surface area contributed by atoms with Crippen LogP contribution in [-0.2, 0) is 103 Å². The van der Waals surface area contributed by atoms with Crippen LogP contribution in [-0.4, -0.2) is 198 Å². The first-order chi connectivity index (χ1) is 65.2. The number of hydrogen-bond acceptors (Lipinski definition) is 21. The molecule has 18 rings (SSSR count). The molecule has 3 fully saturated rings. The smallest absolute Gasteiger partial charge is 0.419 e. The Morgan fingerprint density at radius 2 is 0.741 bits per heavy atom. The van der Waals surface area contributed by atoms with Crippen LogP contribution in [0.5, 0.6) is 17.2 Å². The minimum Gasteiger partial charge on any atom is -0.490 e. The van der Waals surface area contributed by atoms with Gasteiger partial charge in [-0.15, -0.1) is 13.1 Å². The predicted molar refractivity (Wildman–Crippen MR) is 525 cm³/mol. The summed E-state index contributed by atoms with van der Waals surface area (Å²) in [6.07, 6.45) is 31.1. The Morgan fingerprint density at radius 1 is 0.422 bits per heavy atom. The molecule has 0 radical (unpaired) electrons. The van der Waals surface area contributed by atoms with E-state index >= 15 is 0 Å². The largest absolute Gasteiger partial charge is 0.490 e. The zero-order valence-corrected chi connectivity index (χ0v) is 82.2. The van der Waals surface area contributed by atoms with E-state index < -0.39 is 65.4 Å². The Morgan fingerprint density at radius 3 is 1.03 bits per heavy atom. The molecule has 3 unspecified atom stereocenters. The van der Waals surface area contributed by atoms with Gasteiger partial charge in [0.1, 0.15) is 60.2 Å². The molecule has 27 nitrogen and oxygen atoms in total. The lowest BCUT2D eigenvalue weighted by Gasteiger charge is -2.46. The molecule has 3 spiro atoms. The van der Waals surface area contributed by atoms with Crippen molar-refractivity contribution >= 4 is 82.4 Å². The minimum atomic E-state index is -3.42. The second kappa shape index (κ2) is 43.1. The van der Waals surface area contributed by atoms with Crippen LogP contribution in [0.4, 0.5) is 21.9 Å². The van der Waals surface area contributed by atoms with Gasteiger partial charge in [0.15, 0.2) is 0 Å². The normalized spacial score (nSPS) is 30.5. The third-order valence-corrected chi connectivity index (χ3v) is 35.5. The summed E-state index contributed by atoms with van der Waals surface area (Å²) in [6.45, 7) is 14.1. The highest BCUT2D eigenvalue weighted by Gasteiger charge is 2.50. The molecule has 6 amide bonds. The lowest BCUT2D eigenvalue weighted by molar-refractivity contribution is -0.123. The molecule has 6 bridgehead atoms. The van der Waals surface area contributed by atoms with E-state index in [4.69, 9.17) is 42.6 Å². The summed E-state index contributed by atoms with van der Waals surface area (Å²) in [6, 6.07) is 36.5. The Balaban J connectivity index is 0.000000147. The zero-order chi connectivity index (χ0) is 94.8. The van der Waals surface area contributed by atoms with Gasteiger partial charge in [0.05, 0.1) is 79.1 Å². The summed E-state index contributed by atoms with van der Waals surface area (Å²) in [5.41, 5.74) is 15.0. The van der Waals surface area contributed by atoms with Crippen LogP contribution in [0, 0.1) is 56.3 Å². The highest BCUT2D eigenvalue weighted by atomic mass is 32.2. The van der Waals surface area contributed by atoms with E-state index in [0.717, 1.165) is 170 Å². The zero-order valence-electron chi connectivity index (χ0n) is 79.8. The summed E-state index contributed by atoms with van der Waals surface area (Å²) < 4.78 is 114. The van der Waals surface area contributed by atoms with Gasteiger partial charge in [-0.2, -0.15) is 0 Å². The van der Waals surface area contributed by atoms with Crippen molar-refractivity contribution in [1.82, 2.24) is 14.2 Å². The third-order valence-electron chi connectivity index (χ3n) is 30.0. The highest BCUT2D eigenvalue weighted by Crippen LogP contribution is 2.52. The number of methoxy groups -OCH3 is 5. The fraction of sp³-hybridized carbons (Fsp3) is 0.543.